The van der Waals surface area contributed by atoms with E-state index in [1.54, 1.807) is 37.3 Å². The molecular formula is C23H27Cl2FN2O2S. The van der Waals surface area contributed by atoms with E-state index >= 15 is 0 Å². The first-order valence-corrected chi connectivity index (χ1v) is 11.9. The molecule has 2 aromatic carbocycles. The number of hydrogen-bond donors (Lipinski definition) is 1. The first-order valence-electron chi connectivity index (χ1n) is 10.0. The van der Waals surface area contributed by atoms with Gasteiger partial charge < -0.3 is 10.2 Å². The van der Waals surface area contributed by atoms with Gasteiger partial charge in [0.1, 0.15) is 11.9 Å². The largest absolute Gasteiger partial charge is 0.354 e. The van der Waals surface area contributed by atoms with E-state index in [0.29, 0.717) is 27.9 Å². The lowest BCUT2D eigenvalue weighted by Gasteiger charge is -2.29. The van der Waals surface area contributed by atoms with Crippen molar-refractivity contribution in [1.29, 1.82) is 0 Å². The number of amides is 2. The summed E-state index contributed by atoms with van der Waals surface area (Å²) in [6, 6.07) is 10.9. The molecule has 4 nitrogen and oxygen atoms in total. The zero-order chi connectivity index (χ0) is 23.0. The zero-order valence-electron chi connectivity index (χ0n) is 17.8. The van der Waals surface area contributed by atoms with Gasteiger partial charge >= 0.3 is 0 Å². The molecule has 0 aliphatic rings. The molecule has 2 rings (SSSR count). The number of hydrogen-bond acceptors (Lipinski definition) is 3. The van der Waals surface area contributed by atoms with Gasteiger partial charge in [-0.25, -0.2) is 4.39 Å². The third kappa shape index (κ3) is 8.02. The molecule has 168 valence electrons. The van der Waals surface area contributed by atoms with Crippen LogP contribution in [0.5, 0.6) is 0 Å². The maximum absolute atomic E-state index is 14.2. The molecule has 0 aliphatic carbocycles. The van der Waals surface area contributed by atoms with Crippen LogP contribution in [0.3, 0.4) is 0 Å². The van der Waals surface area contributed by atoms with Gasteiger partial charge in [-0.3, -0.25) is 9.59 Å². The van der Waals surface area contributed by atoms with E-state index in [1.807, 2.05) is 19.9 Å². The first kappa shape index (κ1) is 25.5. The Kier molecular flexibility index (Phi) is 10.1. The first-order chi connectivity index (χ1) is 14.7. The van der Waals surface area contributed by atoms with Crippen molar-refractivity contribution >= 4 is 46.8 Å². The Morgan fingerprint density at radius 2 is 1.81 bits per heavy atom. The minimum absolute atomic E-state index is 0.0229. The number of carbonyl (C=O) groups is 2. The molecule has 1 atom stereocenters. The lowest BCUT2D eigenvalue weighted by Crippen LogP contribution is -2.48. The second-order valence-corrected chi connectivity index (χ2v) is 9.47. The lowest BCUT2D eigenvalue weighted by molar-refractivity contribution is -0.138. The van der Waals surface area contributed by atoms with Crippen molar-refractivity contribution in [3.8, 4) is 0 Å². The van der Waals surface area contributed by atoms with E-state index in [0.717, 1.165) is 5.56 Å². The van der Waals surface area contributed by atoms with Gasteiger partial charge in [-0.15, -0.1) is 11.8 Å². The maximum Gasteiger partial charge on any atom is 0.242 e. The Hall–Kier alpha value is -1.76. The average molecular weight is 485 g/mol. The Morgan fingerprint density at radius 1 is 1.10 bits per heavy atom. The van der Waals surface area contributed by atoms with Crippen molar-refractivity contribution in [3.05, 3.63) is 69.5 Å². The molecule has 8 heteroatoms. The van der Waals surface area contributed by atoms with Crippen LogP contribution in [-0.4, -0.2) is 35.1 Å². The van der Waals surface area contributed by atoms with Gasteiger partial charge in [0.25, 0.3) is 0 Å². The summed E-state index contributed by atoms with van der Waals surface area (Å²) >= 11 is 13.4. The fourth-order valence-corrected chi connectivity index (χ4v) is 3.99. The number of thioether (sulfide) groups is 1. The van der Waals surface area contributed by atoms with Gasteiger partial charge in [0.05, 0.1) is 15.8 Å². The Balaban J connectivity index is 2.08. The highest BCUT2D eigenvalue weighted by molar-refractivity contribution is 7.99. The van der Waals surface area contributed by atoms with E-state index in [4.69, 9.17) is 23.2 Å². The molecule has 0 spiro atoms. The van der Waals surface area contributed by atoms with Crippen molar-refractivity contribution in [2.45, 2.75) is 39.1 Å². The van der Waals surface area contributed by atoms with E-state index < -0.39 is 11.9 Å². The summed E-state index contributed by atoms with van der Waals surface area (Å²) in [5.41, 5.74) is 1.31. The minimum atomic E-state index is -0.726. The molecule has 0 saturated heterocycles. The zero-order valence-corrected chi connectivity index (χ0v) is 20.2. The Bertz CT molecular complexity index is 911. The predicted molar refractivity (Wildman–Crippen MR) is 127 cm³/mol. The van der Waals surface area contributed by atoms with Crippen molar-refractivity contribution in [1.82, 2.24) is 10.2 Å². The van der Waals surface area contributed by atoms with Crippen LogP contribution >= 0.6 is 35.0 Å². The van der Waals surface area contributed by atoms with Crippen LogP contribution in [-0.2, 0) is 21.9 Å². The number of rotatable bonds is 10. The van der Waals surface area contributed by atoms with Gasteiger partial charge in [-0.05, 0) is 36.6 Å². The summed E-state index contributed by atoms with van der Waals surface area (Å²) in [5, 5.41) is 3.79. The van der Waals surface area contributed by atoms with Crippen LogP contribution in [0.1, 0.15) is 31.9 Å². The number of nitrogens with one attached hydrogen (secondary N) is 1. The third-order valence-corrected chi connectivity index (χ3v) is 6.36. The molecule has 0 aliphatic heterocycles. The van der Waals surface area contributed by atoms with Crippen molar-refractivity contribution in [2.24, 2.45) is 5.92 Å². The van der Waals surface area contributed by atoms with Crippen LogP contribution in [0.15, 0.2) is 42.5 Å². The van der Waals surface area contributed by atoms with E-state index in [-0.39, 0.29) is 30.0 Å². The topological polar surface area (TPSA) is 49.4 Å². The summed E-state index contributed by atoms with van der Waals surface area (Å²) in [7, 11) is 0. The molecule has 0 aromatic heterocycles. The standard InChI is InChI=1S/C23H27Cl2FN2O2S/c1-15(2)11-27-23(30)16(3)28(12-18-6-4-5-7-21(18)26)22(29)14-31-13-17-8-9-19(24)20(25)10-17/h4-10,15-16H,11-14H2,1-3H3,(H,27,30)/t16-/m1/s1. The molecular weight excluding hydrogens is 458 g/mol. The normalized spacial score (nSPS) is 12.0. The molecule has 0 radical (unpaired) electrons. The second-order valence-electron chi connectivity index (χ2n) is 7.67. The summed E-state index contributed by atoms with van der Waals surface area (Å²) in [5.74, 6) is 0.0983. The van der Waals surface area contributed by atoms with Gasteiger partial charge in [0, 0.05) is 24.4 Å². The van der Waals surface area contributed by atoms with E-state index in [1.165, 1.54) is 22.7 Å². The summed E-state index contributed by atoms with van der Waals surface area (Å²) in [6.45, 7) is 6.18. The average Bonchev–Trinajstić information content (AvgIpc) is 2.73. The van der Waals surface area contributed by atoms with Gasteiger partial charge in [-0.1, -0.05) is 61.3 Å². The minimum Gasteiger partial charge on any atom is -0.354 e. The van der Waals surface area contributed by atoms with Crippen LogP contribution in [0, 0.1) is 11.7 Å². The molecule has 1 N–H and O–H groups in total. The molecule has 2 aromatic rings. The maximum atomic E-state index is 14.2. The predicted octanol–water partition coefficient (Wildman–Crippen LogP) is 5.56. The second kappa shape index (κ2) is 12.3. The van der Waals surface area contributed by atoms with Crippen molar-refractivity contribution in [3.63, 3.8) is 0 Å². The molecule has 0 unspecified atom stereocenters. The molecule has 2 amide bonds. The van der Waals surface area contributed by atoms with Crippen LogP contribution in [0.25, 0.3) is 0 Å². The summed E-state index contributed by atoms with van der Waals surface area (Å²) in [4.78, 5) is 27.0. The van der Waals surface area contributed by atoms with Crippen molar-refractivity contribution in [2.75, 3.05) is 12.3 Å². The summed E-state index contributed by atoms with van der Waals surface area (Å²) in [6.07, 6.45) is 0. The van der Waals surface area contributed by atoms with E-state index in [9.17, 15) is 14.0 Å². The number of halogens is 3. The SMILES string of the molecule is CC(C)CNC(=O)[C@@H](C)N(Cc1ccccc1F)C(=O)CSCc1ccc(Cl)c(Cl)c1. The molecule has 31 heavy (non-hydrogen) atoms. The van der Waals surface area contributed by atoms with Gasteiger partial charge in [-0.2, -0.15) is 0 Å². The summed E-state index contributed by atoms with van der Waals surface area (Å²) < 4.78 is 14.2. The number of nitrogens with zero attached hydrogens (tertiary/aromatic N) is 1. The van der Waals surface area contributed by atoms with Crippen molar-refractivity contribution < 1.29 is 14.0 Å². The number of carbonyl (C=O) groups excluding carboxylic acids is 2. The van der Waals surface area contributed by atoms with Crippen LogP contribution in [0.4, 0.5) is 4.39 Å². The number of benzene rings is 2. The third-order valence-electron chi connectivity index (χ3n) is 4.63. The molecule has 0 saturated carbocycles. The quantitative estimate of drug-likeness (QED) is 0.480. The molecule has 0 bridgehead atoms. The van der Waals surface area contributed by atoms with Gasteiger partial charge in [0.2, 0.25) is 11.8 Å². The fourth-order valence-electron chi connectivity index (χ4n) is 2.81. The monoisotopic (exact) mass is 484 g/mol. The smallest absolute Gasteiger partial charge is 0.242 e. The highest BCUT2D eigenvalue weighted by Gasteiger charge is 2.26. The van der Waals surface area contributed by atoms with E-state index in [2.05, 4.69) is 5.32 Å². The lowest BCUT2D eigenvalue weighted by atomic mass is 10.1. The Morgan fingerprint density at radius 3 is 2.45 bits per heavy atom. The van der Waals surface area contributed by atoms with Crippen LogP contribution < -0.4 is 5.32 Å². The fraction of sp³-hybridized carbons (Fsp3) is 0.391. The molecule has 0 fully saturated rings. The molecule has 0 heterocycles. The van der Waals surface area contributed by atoms with Crippen LogP contribution in [0.2, 0.25) is 10.0 Å². The van der Waals surface area contributed by atoms with Gasteiger partial charge in [0.15, 0.2) is 0 Å². The highest BCUT2D eigenvalue weighted by atomic mass is 35.5. The Labute approximate surface area is 197 Å². The highest BCUT2D eigenvalue weighted by Crippen LogP contribution is 2.25.